The van der Waals surface area contributed by atoms with Gasteiger partial charge in [-0.3, -0.25) is 9.36 Å². The van der Waals surface area contributed by atoms with Crippen LogP contribution in [0.15, 0.2) is 24.8 Å². The molecule has 0 aromatic carbocycles. The minimum absolute atomic E-state index is 0.0853. The van der Waals surface area contributed by atoms with Gasteiger partial charge in [0.2, 0.25) is 0 Å². The maximum Gasteiger partial charge on any atom is 0.0690 e. The van der Waals surface area contributed by atoms with Crippen molar-refractivity contribution < 1.29 is 0 Å². The molecule has 0 fully saturated rings. The lowest BCUT2D eigenvalue weighted by Gasteiger charge is -2.03. The monoisotopic (exact) mass is 233 g/mol. The first-order valence-electron chi connectivity index (χ1n) is 6.02. The highest BCUT2D eigenvalue weighted by Gasteiger charge is 2.07. The molecule has 0 aliphatic carbocycles. The van der Waals surface area contributed by atoms with E-state index in [1.54, 1.807) is 0 Å². The summed E-state index contributed by atoms with van der Waals surface area (Å²) in [5.74, 6) is 0. The number of rotatable bonds is 5. The van der Waals surface area contributed by atoms with E-state index in [1.807, 2.05) is 34.2 Å². The third kappa shape index (κ3) is 2.74. The molecule has 0 aliphatic heterocycles. The molecule has 0 radical (unpaired) electrons. The maximum absolute atomic E-state index is 5.96. The van der Waals surface area contributed by atoms with E-state index in [4.69, 9.17) is 5.73 Å². The molecule has 0 bridgehead atoms. The average Bonchev–Trinajstić information content (AvgIpc) is 2.97. The summed E-state index contributed by atoms with van der Waals surface area (Å²) >= 11 is 0. The molecule has 1 unspecified atom stereocenters. The van der Waals surface area contributed by atoms with Crippen molar-refractivity contribution in [2.45, 2.75) is 39.4 Å². The first kappa shape index (κ1) is 11.9. The normalized spacial score (nSPS) is 12.9. The number of nitrogens with two attached hydrogens (primary N) is 1. The Morgan fingerprint density at radius 3 is 2.59 bits per heavy atom. The van der Waals surface area contributed by atoms with Gasteiger partial charge >= 0.3 is 0 Å². The Kier molecular flexibility index (Phi) is 3.58. The van der Waals surface area contributed by atoms with Crippen molar-refractivity contribution in [1.82, 2.24) is 19.6 Å². The Labute approximate surface area is 101 Å². The Bertz CT molecular complexity index is 471. The number of hydrogen-bond acceptors (Lipinski definition) is 3. The van der Waals surface area contributed by atoms with Gasteiger partial charge in [0.15, 0.2) is 0 Å². The molecule has 2 aromatic rings. The van der Waals surface area contributed by atoms with Crippen LogP contribution in [0.4, 0.5) is 0 Å². The lowest BCUT2D eigenvalue weighted by Crippen LogP contribution is -2.07. The predicted octanol–water partition coefficient (Wildman–Crippen LogP) is 1.56. The van der Waals surface area contributed by atoms with E-state index in [1.165, 1.54) is 0 Å². The first-order valence-corrected chi connectivity index (χ1v) is 6.02. The Morgan fingerprint density at radius 2 is 1.94 bits per heavy atom. The summed E-state index contributed by atoms with van der Waals surface area (Å²) in [4.78, 5) is 0. The van der Waals surface area contributed by atoms with E-state index in [9.17, 15) is 0 Å². The van der Waals surface area contributed by atoms with Crippen molar-refractivity contribution >= 4 is 0 Å². The molecule has 17 heavy (non-hydrogen) atoms. The fourth-order valence-corrected chi connectivity index (χ4v) is 1.74. The largest absolute Gasteiger partial charge is 0.324 e. The number of aromatic nitrogens is 4. The van der Waals surface area contributed by atoms with Crippen LogP contribution in [0.3, 0.4) is 0 Å². The SMILES string of the molecule is CCC(N)c1cnn(Cc2cnn(CC)c2)c1. The Hall–Kier alpha value is -1.62. The lowest BCUT2D eigenvalue weighted by atomic mass is 10.1. The molecule has 2 aromatic heterocycles. The highest BCUT2D eigenvalue weighted by atomic mass is 15.3. The van der Waals surface area contributed by atoms with E-state index in [2.05, 4.69) is 24.0 Å². The zero-order valence-corrected chi connectivity index (χ0v) is 10.4. The number of hydrogen-bond donors (Lipinski definition) is 1. The van der Waals surface area contributed by atoms with Crippen LogP contribution in [-0.4, -0.2) is 19.6 Å². The molecule has 2 rings (SSSR count). The van der Waals surface area contributed by atoms with Crippen LogP contribution in [-0.2, 0) is 13.1 Å². The van der Waals surface area contributed by atoms with E-state index in [-0.39, 0.29) is 6.04 Å². The van der Waals surface area contributed by atoms with Crippen molar-refractivity contribution in [2.75, 3.05) is 0 Å². The van der Waals surface area contributed by atoms with Gasteiger partial charge in [-0.1, -0.05) is 6.92 Å². The van der Waals surface area contributed by atoms with Crippen molar-refractivity contribution in [3.63, 3.8) is 0 Å². The van der Waals surface area contributed by atoms with Crippen LogP contribution in [0.5, 0.6) is 0 Å². The van der Waals surface area contributed by atoms with Crippen molar-refractivity contribution in [2.24, 2.45) is 5.73 Å². The Balaban J connectivity index is 2.06. The topological polar surface area (TPSA) is 61.7 Å². The fraction of sp³-hybridized carbons (Fsp3) is 0.500. The van der Waals surface area contributed by atoms with Crippen molar-refractivity contribution in [3.05, 3.63) is 35.9 Å². The molecule has 2 N–H and O–H groups in total. The summed E-state index contributed by atoms with van der Waals surface area (Å²) in [6, 6.07) is 0.0853. The molecule has 0 amide bonds. The summed E-state index contributed by atoms with van der Waals surface area (Å²) < 4.78 is 3.82. The predicted molar refractivity (Wildman–Crippen MR) is 66.4 cm³/mol. The smallest absolute Gasteiger partial charge is 0.0690 e. The number of nitrogens with zero attached hydrogens (tertiary/aromatic N) is 4. The molecule has 5 nitrogen and oxygen atoms in total. The quantitative estimate of drug-likeness (QED) is 0.852. The molecular weight excluding hydrogens is 214 g/mol. The molecule has 5 heteroatoms. The second-order valence-electron chi connectivity index (χ2n) is 4.19. The molecule has 0 saturated carbocycles. The molecule has 0 aliphatic rings. The van der Waals surface area contributed by atoms with Gasteiger partial charge in [0, 0.05) is 36.1 Å². The van der Waals surface area contributed by atoms with Crippen LogP contribution in [0, 0.1) is 0 Å². The zero-order valence-electron chi connectivity index (χ0n) is 10.4. The highest BCUT2D eigenvalue weighted by molar-refractivity contribution is 5.11. The van der Waals surface area contributed by atoms with Gasteiger partial charge in [0.25, 0.3) is 0 Å². The molecule has 92 valence electrons. The standard InChI is InChI=1S/C12H19N5/c1-3-12(13)11-6-15-17(9-11)8-10-5-14-16(4-2)7-10/h5-7,9,12H,3-4,8,13H2,1-2H3. The van der Waals surface area contributed by atoms with Crippen LogP contribution < -0.4 is 5.73 Å². The van der Waals surface area contributed by atoms with Crippen molar-refractivity contribution in [3.8, 4) is 0 Å². The van der Waals surface area contributed by atoms with E-state index in [0.717, 1.165) is 30.6 Å². The second-order valence-corrected chi connectivity index (χ2v) is 4.19. The maximum atomic E-state index is 5.96. The summed E-state index contributed by atoms with van der Waals surface area (Å²) in [7, 11) is 0. The van der Waals surface area contributed by atoms with Crippen LogP contribution in [0.1, 0.15) is 37.4 Å². The van der Waals surface area contributed by atoms with Gasteiger partial charge in [0.05, 0.1) is 18.9 Å². The van der Waals surface area contributed by atoms with Crippen LogP contribution in [0.25, 0.3) is 0 Å². The van der Waals surface area contributed by atoms with Crippen LogP contribution in [0.2, 0.25) is 0 Å². The highest BCUT2D eigenvalue weighted by Crippen LogP contribution is 2.12. The van der Waals surface area contributed by atoms with Crippen molar-refractivity contribution in [1.29, 1.82) is 0 Å². The van der Waals surface area contributed by atoms with E-state index in [0.29, 0.717) is 0 Å². The fourth-order valence-electron chi connectivity index (χ4n) is 1.74. The van der Waals surface area contributed by atoms with Gasteiger partial charge in [-0.2, -0.15) is 10.2 Å². The molecule has 1 atom stereocenters. The number of aryl methyl sites for hydroxylation is 1. The zero-order chi connectivity index (χ0) is 12.3. The van der Waals surface area contributed by atoms with Gasteiger partial charge in [-0.15, -0.1) is 0 Å². The summed E-state index contributed by atoms with van der Waals surface area (Å²) in [5.41, 5.74) is 8.21. The molecule has 2 heterocycles. The first-order chi connectivity index (χ1) is 8.22. The van der Waals surface area contributed by atoms with E-state index < -0.39 is 0 Å². The second kappa shape index (κ2) is 5.14. The van der Waals surface area contributed by atoms with Gasteiger partial charge in [-0.05, 0) is 13.3 Å². The molecule has 0 spiro atoms. The summed E-state index contributed by atoms with van der Waals surface area (Å²) in [5, 5.41) is 8.56. The van der Waals surface area contributed by atoms with Gasteiger partial charge in [0.1, 0.15) is 0 Å². The van der Waals surface area contributed by atoms with Gasteiger partial charge < -0.3 is 5.73 Å². The lowest BCUT2D eigenvalue weighted by molar-refractivity contribution is 0.653. The molecule has 0 saturated heterocycles. The summed E-state index contributed by atoms with van der Waals surface area (Å²) in [6.45, 7) is 5.79. The summed E-state index contributed by atoms with van der Waals surface area (Å²) in [6.07, 6.45) is 8.71. The average molecular weight is 233 g/mol. The third-order valence-electron chi connectivity index (χ3n) is 2.88. The Morgan fingerprint density at radius 1 is 1.18 bits per heavy atom. The molecular formula is C12H19N5. The van der Waals surface area contributed by atoms with Crippen LogP contribution >= 0.6 is 0 Å². The third-order valence-corrected chi connectivity index (χ3v) is 2.88. The van der Waals surface area contributed by atoms with Gasteiger partial charge in [-0.25, -0.2) is 0 Å². The minimum atomic E-state index is 0.0853. The van der Waals surface area contributed by atoms with E-state index >= 15 is 0 Å². The minimum Gasteiger partial charge on any atom is -0.324 e.